The number of carboxylic acid groups (broad SMARTS) is 1. The SMILES string of the molecule is CN1CCC(C(C)(N)C(=O)O)CC1. The molecule has 1 atom stereocenters. The maximum atomic E-state index is 10.9. The van der Waals surface area contributed by atoms with Crippen LogP contribution in [-0.4, -0.2) is 41.7 Å². The molecule has 1 unspecified atom stereocenters. The quantitative estimate of drug-likeness (QED) is 0.643. The molecular formula is C9H18N2O2. The number of hydrogen-bond donors (Lipinski definition) is 2. The van der Waals surface area contributed by atoms with E-state index >= 15 is 0 Å². The number of carboxylic acids is 1. The summed E-state index contributed by atoms with van der Waals surface area (Å²) in [6.07, 6.45) is 1.77. The molecule has 1 rings (SSSR count). The van der Waals surface area contributed by atoms with Crippen molar-refractivity contribution in [3.8, 4) is 0 Å². The smallest absolute Gasteiger partial charge is 0.323 e. The number of aliphatic carboxylic acids is 1. The maximum Gasteiger partial charge on any atom is 0.323 e. The second-order valence-corrected chi connectivity index (χ2v) is 4.17. The Kier molecular flexibility index (Phi) is 2.93. The van der Waals surface area contributed by atoms with Crippen LogP contribution in [-0.2, 0) is 4.79 Å². The molecule has 0 spiro atoms. The highest BCUT2D eigenvalue weighted by molar-refractivity contribution is 5.78. The minimum absolute atomic E-state index is 0.112. The Balaban J connectivity index is 2.58. The minimum atomic E-state index is -1.05. The average molecular weight is 186 g/mol. The highest BCUT2D eigenvalue weighted by Gasteiger charge is 2.38. The normalized spacial score (nSPS) is 25.5. The predicted molar refractivity (Wildman–Crippen MR) is 50.4 cm³/mol. The standard InChI is InChI=1S/C9H18N2O2/c1-9(10,8(12)13)7-3-5-11(2)6-4-7/h7H,3-6,10H2,1-2H3,(H,12,13). The van der Waals surface area contributed by atoms with Crippen molar-refractivity contribution in [3.63, 3.8) is 0 Å². The number of nitrogens with two attached hydrogens (primary N) is 1. The van der Waals surface area contributed by atoms with Crippen LogP contribution in [0.3, 0.4) is 0 Å². The molecule has 1 aliphatic rings. The Labute approximate surface area is 78.7 Å². The fourth-order valence-electron chi connectivity index (χ4n) is 1.78. The Morgan fingerprint density at radius 1 is 1.54 bits per heavy atom. The summed E-state index contributed by atoms with van der Waals surface area (Å²) in [5, 5.41) is 8.92. The molecule has 13 heavy (non-hydrogen) atoms. The third kappa shape index (κ3) is 2.19. The largest absolute Gasteiger partial charge is 0.480 e. The Bertz CT molecular complexity index is 196. The van der Waals surface area contributed by atoms with Crippen LogP contribution in [0.2, 0.25) is 0 Å². The van der Waals surface area contributed by atoms with Crippen molar-refractivity contribution in [2.24, 2.45) is 11.7 Å². The molecule has 0 aromatic carbocycles. The third-order valence-corrected chi connectivity index (χ3v) is 3.03. The van der Waals surface area contributed by atoms with Gasteiger partial charge >= 0.3 is 5.97 Å². The molecule has 1 heterocycles. The van der Waals surface area contributed by atoms with Gasteiger partial charge in [-0.25, -0.2) is 0 Å². The van der Waals surface area contributed by atoms with Crippen LogP contribution in [0.25, 0.3) is 0 Å². The number of piperidine rings is 1. The molecule has 4 nitrogen and oxygen atoms in total. The number of likely N-dealkylation sites (tertiary alicyclic amines) is 1. The molecule has 76 valence electrons. The van der Waals surface area contributed by atoms with Crippen molar-refractivity contribution in [1.82, 2.24) is 4.90 Å². The first-order valence-electron chi connectivity index (χ1n) is 4.65. The van der Waals surface area contributed by atoms with Crippen LogP contribution in [0.1, 0.15) is 19.8 Å². The van der Waals surface area contributed by atoms with Crippen LogP contribution in [0, 0.1) is 5.92 Å². The first-order valence-corrected chi connectivity index (χ1v) is 4.65. The monoisotopic (exact) mass is 186 g/mol. The molecule has 0 radical (unpaired) electrons. The van der Waals surface area contributed by atoms with E-state index in [1.165, 1.54) is 0 Å². The fourth-order valence-corrected chi connectivity index (χ4v) is 1.78. The summed E-state index contributed by atoms with van der Waals surface area (Å²) in [5.41, 5.74) is 4.71. The summed E-state index contributed by atoms with van der Waals surface area (Å²) in [7, 11) is 2.05. The van der Waals surface area contributed by atoms with E-state index in [9.17, 15) is 4.79 Å². The van der Waals surface area contributed by atoms with E-state index in [0.717, 1.165) is 25.9 Å². The summed E-state index contributed by atoms with van der Waals surface area (Å²) in [5.74, 6) is -0.775. The second kappa shape index (κ2) is 3.64. The van der Waals surface area contributed by atoms with Gasteiger partial charge in [-0.15, -0.1) is 0 Å². The van der Waals surface area contributed by atoms with Crippen molar-refractivity contribution in [1.29, 1.82) is 0 Å². The molecule has 0 bridgehead atoms. The average Bonchev–Trinajstić information content (AvgIpc) is 2.04. The van der Waals surface area contributed by atoms with Crippen molar-refractivity contribution in [2.45, 2.75) is 25.3 Å². The van der Waals surface area contributed by atoms with Gasteiger partial charge in [-0.05, 0) is 45.8 Å². The summed E-state index contributed by atoms with van der Waals surface area (Å²) in [4.78, 5) is 13.1. The number of rotatable bonds is 2. The zero-order valence-electron chi connectivity index (χ0n) is 8.29. The lowest BCUT2D eigenvalue weighted by molar-refractivity contribution is -0.145. The molecule has 0 amide bonds. The predicted octanol–water partition coefficient (Wildman–Crippen LogP) is 0.130. The van der Waals surface area contributed by atoms with Gasteiger partial charge in [0.1, 0.15) is 5.54 Å². The van der Waals surface area contributed by atoms with E-state index in [-0.39, 0.29) is 5.92 Å². The van der Waals surface area contributed by atoms with E-state index in [1.807, 2.05) is 7.05 Å². The van der Waals surface area contributed by atoms with Crippen molar-refractivity contribution >= 4 is 5.97 Å². The number of carbonyl (C=O) groups is 1. The van der Waals surface area contributed by atoms with Gasteiger partial charge in [0.15, 0.2) is 0 Å². The van der Waals surface area contributed by atoms with Crippen LogP contribution in [0.5, 0.6) is 0 Å². The summed E-state index contributed by atoms with van der Waals surface area (Å²) < 4.78 is 0. The molecule has 1 fully saturated rings. The van der Waals surface area contributed by atoms with Gasteiger partial charge < -0.3 is 15.7 Å². The zero-order chi connectivity index (χ0) is 10.1. The first kappa shape index (κ1) is 10.5. The molecule has 1 aliphatic heterocycles. The lowest BCUT2D eigenvalue weighted by atomic mass is 9.80. The zero-order valence-corrected chi connectivity index (χ0v) is 8.29. The third-order valence-electron chi connectivity index (χ3n) is 3.03. The van der Waals surface area contributed by atoms with Gasteiger partial charge in [-0.2, -0.15) is 0 Å². The van der Waals surface area contributed by atoms with Gasteiger partial charge in [0.25, 0.3) is 0 Å². The van der Waals surface area contributed by atoms with Crippen LogP contribution in [0.4, 0.5) is 0 Å². The lowest BCUT2D eigenvalue weighted by Crippen LogP contribution is -2.54. The Hall–Kier alpha value is -0.610. The van der Waals surface area contributed by atoms with E-state index in [2.05, 4.69) is 4.90 Å². The number of nitrogens with zero attached hydrogens (tertiary/aromatic N) is 1. The topological polar surface area (TPSA) is 66.6 Å². The lowest BCUT2D eigenvalue weighted by Gasteiger charge is -2.36. The van der Waals surface area contributed by atoms with Gasteiger partial charge in [0, 0.05) is 0 Å². The van der Waals surface area contributed by atoms with Crippen LogP contribution < -0.4 is 5.73 Å². The van der Waals surface area contributed by atoms with Gasteiger partial charge in [-0.3, -0.25) is 4.79 Å². The molecule has 3 N–H and O–H groups in total. The van der Waals surface area contributed by atoms with E-state index in [0.29, 0.717) is 0 Å². The molecule has 1 saturated heterocycles. The summed E-state index contributed by atoms with van der Waals surface area (Å²) in [6.45, 7) is 3.51. The molecular weight excluding hydrogens is 168 g/mol. The minimum Gasteiger partial charge on any atom is -0.480 e. The van der Waals surface area contributed by atoms with Gasteiger partial charge in [0.2, 0.25) is 0 Å². The highest BCUT2D eigenvalue weighted by Crippen LogP contribution is 2.26. The first-order chi connectivity index (χ1) is 5.94. The van der Waals surface area contributed by atoms with Crippen molar-refractivity contribution in [3.05, 3.63) is 0 Å². The van der Waals surface area contributed by atoms with Crippen LogP contribution >= 0.6 is 0 Å². The van der Waals surface area contributed by atoms with Gasteiger partial charge in [0.05, 0.1) is 0 Å². The van der Waals surface area contributed by atoms with Crippen molar-refractivity contribution < 1.29 is 9.90 Å². The Morgan fingerprint density at radius 3 is 2.38 bits per heavy atom. The van der Waals surface area contributed by atoms with E-state index < -0.39 is 11.5 Å². The van der Waals surface area contributed by atoms with Crippen molar-refractivity contribution in [2.75, 3.05) is 20.1 Å². The molecule has 0 aromatic heterocycles. The number of hydrogen-bond acceptors (Lipinski definition) is 3. The Morgan fingerprint density at radius 2 is 2.00 bits per heavy atom. The molecule has 0 saturated carbocycles. The second-order valence-electron chi connectivity index (χ2n) is 4.17. The van der Waals surface area contributed by atoms with E-state index in [4.69, 9.17) is 10.8 Å². The molecule has 0 aliphatic carbocycles. The highest BCUT2D eigenvalue weighted by atomic mass is 16.4. The fraction of sp³-hybridized carbons (Fsp3) is 0.889. The summed E-state index contributed by atoms with van der Waals surface area (Å²) in [6, 6.07) is 0. The summed E-state index contributed by atoms with van der Waals surface area (Å²) >= 11 is 0. The van der Waals surface area contributed by atoms with E-state index in [1.54, 1.807) is 6.92 Å². The molecule has 4 heteroatoms. The molecule has 0 aromatic rings. The maximum absolute atomic E-state index is 10.9. The van der Waals surface area contributed by atoms with Gasteiger partial charge in [-0.1, -0.05) is 0 Å². The van der Waals surface area contributed by atoms with Crippen LogP contribution in [0.15, 0.2) is 0 Å².